The van der Waals surface area contributed by atoms with Crippen LogP contribution in [0.15, 0.2) is 36.7 Å². The number of fused-ring (bicyclic) bond motifs is 1. The van der Waals surface area contributed by atoms with Crippen LogP contribution in [0.1, 0.15) is 41.9 Å². The molecule has 0 N–H and O–H groups in total. The molecule has 0 bridgehead atoms. The van der Waals surface area contributed by atoms with E-state index in [1.54, 1.807) is 31.0 Å². The van der Waals surface area contributed by atoms with Gasteiger partial charge in [0.15, 0.2) is 5.82 Å². The Labute approximate surface area is 164 Å². The van der Waals surface area contributed by atoms with Crippen LogP contribution < -0.4 is 4.74 Å². The predicted molar refractivity (Wildman–Crippen MR) is 104 cm³/mol. The highest BCUT2D eigenvalue weighted by Crippen LogP contribution is 2.41. The summed E-state index contributed by atoms with van der Waals surface area (Å²) in [5.74, 6) is 1.31. The molecule has 1 aromatic heterocycles. The Morgan fingerprint density at radius 3 is 2.54 bits per heavy atom. The van der Waals surface area contributed by atoms with Gasteiger partial charge in [-0.3, -0.25) is 9.59 Å². The fourth-order valence-electron chi connectivity index (χ4n) is 4.73. The molecule has 2 aliphatic rings. The molecule has 2 amide bonds. The van der Waals surface area contributed by atoms with Gasteiger partial charge in [0, 0.05) is 45.4 Å². The van der Waals surface area contributed by atoms with E-state index in [4.69, 9.17) is 4.74 Å². The number of piperidine rings is 1. The van der Waals surface area contributed by atoms with Crippen LogP contribution in [0.3, 0.4) is 0 Å². The summed E-state index contributed by atoms with van der Waals surface area (Å²) < 4.78 is 7.03. The topological polar surface area (TPSA) is 67.7 Å². The van der Waals surface area contributed by atoms with Crippen LogP contribution in [0.5, 0.6) is 5.75 Å². The van der Waals surface area contributed by atoms with Crippen molar-refractivity contribution >= 4 is 11.8 Å². The fraction of sp³-hybridized carbons (Fsp3) is 0.476. The van der Waals surface area contributed by atoms with Gasteiger partial charge in [0.2, 0.25) is 5.91 Å². The highest BCUT2D eigenvalue weighted by molar-refractivity contribution is 5.91. The Hall–Kier alpha value is -2.83. The van der Waals surface area contributed by atoms with E-state index in [2.05, 4.69) is 4.98 Å². The van der Waals surface area contributed by atoms with Gasteiger partial charge in [0.1, 0.15) is 5.75 Å². The van der Waals surface area contributed by atoms with Crippen molar-refractivity contribution < 1.29 is 14.3 Å². The van der Waals surface area contributed by atoms with Gasteiger partial charge in [-0.15, -0.1) is 0 Å². The van der Waals surface area contributed by atoms with Crippen LogP contribution in [0.25, 0.3) is 0 Å². The minimum Gasteiger partial charge on any atom is -0.497 e. The first-order valence-electron chi connectivity index (χ1n) is 9.70. The van der Waals surface area contributed by atoms with Crippen LogP contribution >= 0.6 is 0 Å². The average Bonchev–Trinajstić information content (AvgIpc) is 3.31. The normalized spacial score (nSPS) is 24.2. The van der Waals surface area contributed by atoms with E-state index in [0.29, 0.717) is 12.4 Å². The number of hydrogen-bond donors (Lipinski definition) is 0. The zero-order chi connectivity index (χ0) is 19.8. The van der Waals surface area contributed by atoms with Crippen molar-refractivity contribution in [3.05, 3.63) is 48.0 Å². The summed E-state index contributed by atoms with van der Waals surface area (Å²) in [6.45, 7) is 2.95. The second-order valence-corrected chi connectivity index (χ2v) is 7.61. The third kappa shape index (κ3) is 3.04. The first-order chi connectivity index (χ1) is 13.5. The highest BCUT2D eigenvalue weighted by Gasteiger charge is 2.50. The Bertz CT molecular complexity index is 876. The fourth-order valence-corrected chi connectivity index (χ4v) is 4.73. The molecule has 0 unspecified atom stereocenters. The third-order valence-corrected chi connectivity index (χ3v) is 6.08. The lowest BCUT2D eigenvalue weighted by atomic mass is 9.86. The van der Waals surface area contributed by atoms with Crippen molar-refractivity contribution in [3.63, 3.8) is 0 Å². The number of rotatable bonds is 3. The Kier molecular flexibility index (Phi) is 4.83. The van der Waals surface area contributed by atoms with Gasteiger partial charge in [-0.1, -0.05) is 12.1 Å². The summed E-state index contributed by atoms with van der Waals surface area (Å²) in [5, 5.41) is 0. The number of nitrogens with zero attached hydrogens (tertiary/aromatic N) is 4. The van der Waals surface area contributed by atoms with Crippen LogP contribution in [-0.2, 0) is 11.8 Å². The van der Waals surface area contributed by atoms with Gasteiger partial charge in [-0.05, 0) is 30.5 Å². The van der Waals surface area contributed by atoms with E-state index in [0.717, 1.165) is 30.7 Å². The van der Waals surface area contributed by atoms with Gasteiger partial charge >= 0.3 is 0 Å². The number of amides is 2. The number of ether oxygens (including phenoxy) is 1. The zero-order valence-electron chi connectivity index (χ0n) is 16.5. The van der Waals surface area contributed by atoms with Crippen molar-refractivity contribution in [3.8, 4) is 5.75 Å². The number of carbonyl (C=O) groups is 2. The summed E-state index contributed by atoms with van der Waals surface area (Å²) in [7, 11) is 3.48. The molecule has 1 aromatic carbocycles. The Morgan fingerprint density at radius 1 is 1.18 bits per heavy atom. The second kappa shape index (κ2) is 7.30. The minimum atomic E-state index is -0.0658. The van der Waals surface area contributed by atoms with E-state index in [-0.39, 0.29) is 29.8 Å². The molecular weight excluding hydrogens is 356 g/mol. The molecule has 2 aromatic rings. The third-order valence-electron chi connectivity index (χ3n) is 6.08. The molecule has 0 saturated carbocycles. The summed E-state index contributed by atoms with van der Waals surface area (Å²) in [6, 6.07) is 7.96. The maximum absolute atomic E-state index is 13.3. The van der Waals surface area contributed by atoms with Gasteiger partial charge in [0.05, 0.1) is 19.2 Å². The van der Waals surface area contributed by atoms with Crippen molar-refractivity contribution in [1.82, 2.24) is 19.4 Å². The number of methoxy groups -OCH3 is 1. The molecule has 4 rings (SSSR count). The molecule has 2 saturated heterocycles. The van der Waals surface area contributed by atoms with Crippen LogP contribution in [0.4, 0.5) is 0 Å². The van der Waals surface area contributed by atoms with Crippen molar-refractivity contribution in [2.75, 3.05) is 20.2 Å². The predicted octanol–water partition coefficient (Wildman–Crippen LogP) is 2.05. The quantitative estimate of drug-likeness (QED) is 0.815. The number of aromatic nitrogens is 2. The largest absolute Gasteiger partial charge is 0.497 e. The summed E-state index contributed by atoms with van der Waals surface area (Å²) in [6.07, 6.45) is 5.23. The molecule has 2 aliphatic heterocycles. The first kappa shape index (κ1) is 18.5. The molecular formula is C21H26N4O3. The monoisotopic (exact) mass is 382 g/mol. The first-order valence-corrected chi connectivity index (χ1v) is 9.70. The number of carbonyl (C=O) groups excluding carboxylic acids is 2. The van der Waals surface area contributed by atoms with Crippen LogP contribution in [0, 0.1) is 0 Å². The molecule has 0 spiro atoms. The average molecular weight is 382 g/mol. The van der Waals surface area contributed by atoms with Crippen LogP contribution in [0.2, 0.25) is 0 Å². The number of imidazole rings is 1. The molecule has 3 heterocycles. The van der Waals surface area contributed by atoms with E-state index >= 15 is 0 Å². The highest BCUT2D eigenvalue weighted by atomic mass is 16.5. The number of benzene rings is 1. The molecule has 28 heavy (non-hydrogen) atoms. The van der Waals surface area contributed by atoms with Gasteiger partial charge in [-0.25, -0.2) is 4.98 Å². The minimum absolute atomic E-state index is 0.00829. The van der Waals surface area contributed by atoms with Crippen molar-refractivity contribution in [1.29, 1.82) is 0 Å². The molecule has 148 valence electrons. The summed E-state index contributed by atoms with van der Waals surface area (Å²) in [4.78, 5) is 33.7. The number of hydrogen-bond acceptors (Lipinski definition) is 4. The van der Waals surface area contributed by atoms with Crippen molar-refractivity contribution in [2.24, 2.45) is 7.05 Å². The maximum Gasteiger partial charge on any atom is 0.290 e. The van der Waals surface area contributed by atoms with Crippen molar-refractivity contribution in [2.45, 2.75) is 37.8 Å². The summed E-state index contributed by atoms with van der Waals surface area (Å²) in [5.41, 5.74) is 1.12. The lowest BCUT2D eigenvalue weighted by Gasteiger charge is -2.41. The van der Waals surface area contributed by atoms with Gasteiger partial charge in [-0.2, -0.15) is 0 Å². The molecule has 7 heteroatoms. The SMILES string of the molecule is COc1ccc([C@H]2CN(C(=O)c3nccn3C)[C@@H]3CCCN(C(C)=O)[C@H]23)cc1. The molecule has 0 aliphatic carbocycles. The summed E-state index contributed by atoms with van der Waals surface area (Å²) >= 11 is 0. The maximum atomic E-state index is 13.3. The Morgan fingerprint density at radius 2 is 1.93 bits per heavy atom. The lowest BCUT2D eigenvalue weighted by Crippen LogP contribution is -2.53. The lowest BCUT2D eigenvalue weighted by molar-refractivity contribution is -0.133. The molecule has 3 atom stereocenters. The van der Waals surface area contributed by atoms with E-state index < -0.39 is 0 Å². The zero-order valence-corrected chi connectivity index (χ0v) is 16.5. The smallest absolute Gasteiger partial charge is 0.290 e. The molecule has 7 nitrogen and oxygen atoms in total. The standard InChI is InChI=1S/C21H26N4O3/c1-14(26)24-11-4-5-18-19(24)17(15-6-8-16(28-3)9-7-15)13-25(18)21(27)20-22-10-12-23(20)2/h6-10,12,17-19H,4-5,11,13H2,1-3H3/t17-,18-,19-/m1/s1. The van der Waals surface area contributed by atoms with E-state index in [1.165, 1.54) is 0 Å². The number of likely N-dealkylation sites (tertiary alicyclic amines) is 2. The molecule has 2 fully saturated rings. The molecule has 0 radical (unpaired) electrons. The number of aryl methyl sites for hydroxylation is 1. The second-order valence-electron chi connectivity index (χ2n) is 7.61. The van der Waals surface area contributed by atoms with E-state index in [9.17, 15) is 9.59 Å². The van der Waals surface area contributed by atoms with Crippen LogP contribution in [-0.4, -0.2) is 63.4 Å². The van der Waals surface area contributed by atoms with Gasteiger partial charge in [0.25, 0.3) is 5.91 Å². The Balaban J connectivity index is 1.71. The van der Waals surface area contributed by atoms with E-state index in [1.807, 2.05) is 41.1 Å². The van der Waals surface area contributed by atoms with Gasteiger partial charge < -0.3 is 19.1 Å².